The van der Waals surface area contributed by atoms with Crippen LogP contribution in [0.15, 0.2) is 36.5 Å². The van der Waals surface area contributed by atoms with Gasteiger partial charge in [0.15, 0.2) is 0 Å². The maximum atomic E-state index is 14.2. The molecule has 0 bridgehead atoms. The molecule has 0 saturated carbocycles. The molecule has 0 aliphatic carbocycles. The first-order valence-corrected chi connectivity index (χ1v) is 11.4. The summed E-state index contributed by atoms with van der Waals surface area (Å²) in [7, 11) is 1.56. The molecule has 2 aromatic rings. The average Bonchev–Trinajstić information content (AvgIpc) is 2.84. The van der Waals surface area contributed by atoms with E-state index in [-0.39, 0.29) is 48.5 Å². The third-order valence-electron chi connectivity index (χ3n) is 5.85. The van der Waals surface area contributed by atoms with E-state index in [1.54, 1.807) is 31.0 Å². The summed E-state index contributed by atoms with van der Waals surface area (Å²) >= 11 is 0. The standard InChI is InChI=1S/C26H30FN3O5/c1-16-13-30(17(2)15-31)26(34)21-11-19(10-9-18(3)32)12-28-24(21)35-23(16)14-29(4)25(33)20-7-5-6-8-22(20)27/h5-8,11-12,16-18,23,31-32H,13-15H2,1-4H3/t16-,17-,18-,23+/m0/s1. The first kappa shape index (κ1) is 26.1. The zero-order valence-electron chi connectivity index (χ0n) is 20.2. The lowest BCUT2D eigenvalue weighted by Crippen LogP contribution is -2.50. The lowest BCUT2D eigenvalue weighted by molar-refractivity contribution is 0.0312. The van der Waals surface area contributed by atoms with Crippen LogP contribution in [0.3, 0.4) is 0 Å². The molecule has 3 rings (SSSR count). The fourth-order valence-electron chi connectivity index (χ4n) is 3.77. The normalized spacial score (nSPS) is 19.3. The predicted molar refractivity (Wildman–Crippen MR) is 127 cm³/mol. The molecule has 1 aliphatic heterocycles. The smallest absolute Gasteiger partial charge is 0.259 e. The zero-order chi connectivity index (χ0) is 25.7. The highest BCUT2D eigenvalue weighted by Gasteiger charge is 2.35. The minimum atomic E-state index is -0.845. The van der Waals surface area contributed by atoms with Crippen LogP contribution in [0.5, 0.6) is 5.88 Å². The van der Waals surface area contributed by atoms with Gasteiger partial charge in [-0.3, -0.25) is 9.59 Å². The number of amides is 2. The lowest BCUT2D eigenvalue weighted by Gasteiger charge is -2.37. The van der Waals surface area contributed by atoms with Crippen molar-refractivity contribution in [1.29, 1.82) is 0 Å². The monoisotopic (exact) mass is 483 g/mol. The van der Waals surface area contributed by atoms with Gasteiger partial charge in [0.25, 0.3) is 11.8 Å². The van der Waals surface area contributed by atoms with Crippen LogP contribution in [0.1, 0.15) is 47.1 Å². The summed E-state index contributed by atoms with van der Waals surface area (Å²) in [5, 5.41) is 19.2. The van der Waals surface area contributed by atoms with Crippen molar-refractivity contribution in [3.8, 4) is 17.7 Å². The summed E-state index contributed by atoms with van der Waals surface area (Å²) in [4.78, 5) is 33.5. The summed E-state index contributed by atoms with van der Waals surface area (Å²) in [6, 6.07) is 6.83. The van der Waals surface area contributed by atoms with Crippen molar-refractivity contribution >= 4 is 11.8 Å². The second-order valence-electron chi connectivity index (χ2n) is 8.81. The fraction of sp³-hybridized carbons (Fsp3) is 0.423. The van der Waals surface area contributed by atoms with Gasteiger partial charge in [0, 0.05) is 31.3 Å². The lowest BCUT2D eigenvalue weighted by atomic mass is 9.99. The Kier molecular flexibility index (Phi) is 8.43. The van der Waals surface area contributed by atoms with Crippen LogP contribution in [-0.2, 0) is 0 Å². The minimum absolute atomic E-state index is 0.0425. The number of nitrogens with zero attached hydrogens (tertiary/aromatic N) is 3. The molecule has 8 nitrogen and oxygen atoms in total. The molecule has 2 N–H and O–H groups in total. The molecule has 35 heavy (non-hydrogen) atoms. The Morgan fingerprint density at radius 2 is 2.09 bits per heavy atom. The van der Waals surface area contributed by atoms with Crippen LogP contribution >= 0.6 is 0 Å². The third-order valence-corrected chi connectivity index (χ3v) is 5.85. The zero-order valence-corrected chi connectivity index (χ0v) is 20.2. The number of fused-ring (bicyclic) bond motifs is 1. The first-order valence-electron chi connectivity index (χ1n) is 11.4. The molecule has 0 spiro atoms. The average molecular weight is 484 g/mol. The van der Waals surface area contributed by atoms with Crippen molar-refractivity contribution in [3.63, 3.8) is 0 Å². The fourth-order valence-corrected chi connectivity index (χ4v) is 3.77. The Morgan fingerprint density at radius 1 is 1.37 bits per heavy atom. The molecule has 186 valence electrons. The molecule has 0 unspecified atom stereocenters. The molecule has 1 aromatic heterocycles. The number of carbonyl (C=O) groups is 2. The number of carbonyl (C=O) groups excluding carboxylic acids is 2. The van der Waals surface area contributed by atoms with E-state index >= 15 is 0 Å². The van der Waals surface area contributed by atoms with Crippen molar-refractivity contribution in [2.45, 2.75) is 39.0 Å². The molecule has 2 heterocycles. The van der Waals surface area contributed by atoms with Crippen molar-refractivity contribution in [2.75, 3.05) is 26.7 Å². The van der Waals surface area contributed by atoms with E-state index in [2.05, 4.69) is 16.8 Å². The molecule has 2 amide bonds. The molecule has 0 radical (unpaired) electrons. The maximum Gasteiger partial charge on any atom is 0.259 e. The van der Waals surface area contributed by atoms with Gasteiger partial charge in [0.2, 0.25) is 5.88 Å². The van der Waals surface area contributed by atoms with Crippen LogP contribution < -0.4 is 4.74 Å². The Morgan fingerprint density at radius 3 is 2.74 bits per heavy atom. The number of halogens is 1. The molecule has 1 aliphatic rings. The molecule has 4 atom stereocenters. The summed E-state index contributed by atoms with van der Waals surface area (Å²) in [6.07, 6.45) is 0.0271. The van der Waals surface area contributed by atoms with E-state index in [1.165, 1.54) is 36.2 Å². The quantitative estimate of drug-likeness (QED) is 0.631. The van der Waals surface area contributed by atoms with Gasteiger partial charge in [-0.05, 0) is 32.0 Å². The highest BCUT2D eigenvalue weighted by atomic mass is 19.1. The van der Waals surface area contributed by atoms with Gasteiger partial charge in [-0.2, -0.15) is 0 Å². The number of likely N-dealkylation sites (N-methyl/N-ethyl adjacent to an activating group) is 1. The molecular formula is C26H30FN3O5. The van der Waals surface area contributed by atoms with E-state index in [9.17, 15) is 24.2 Å². The van der Waals surface area contributed by atoms with Crippen LogP contribution in [0.4, 0.5) is 4.39 Å². The molecule has 9 heteroatoms. The maximum absolute atomic E-state index is 14.2. The molecule has 0 fully saturated rings. The van der Waals surface area contributed by atoms with Gasteiger partial charge in [-0.25, -0.2) is 9.37 Å². The van der Waals surface area contributed by atoms with E-state index in [0.29, 0.717) is 5.56 Å². The summed E-state index contributed by atoms with van der Waals surface area (Å²) in [5.74, 6) is 3.76. The molecule has 1 aromatic carbocycles. The van der Waals surface area contributed by atoms with Crippen LogP contribution in [0, 0.1) is 23.6 Å². The number of hydrogen-bond acceptors (Lipinski definition) is 6. The highest BCUT2D eigenvalue weighted by Crippen LogP contribution is 2.27. The van der Waals surface area contributed by atoms with Gasteiger partial charge >= 0.3 is 0 Å². The van der Waals surface area contributed by atoms with Gasteiger partial charge in [-0.1, -0.05) is 30.9 Å². The van der Waals surface area contributed by atoms with Gasteiger partial charge in [0.1, 0.15) is 23.6 Å². The van der Waals surface area contributed by atoms with Gasteiger partial charge < -0.3 is 24.7 Å². The van der Waals surface area contributed by atoms with Crippen LogP contribution in [0.2, 0.25) is 0 Å². The number of ether oxygens (including phenoxy) is 1. The van der Waals surface area contributed by atoms with Crippen molar-refractivity contribution in [1.82, 2.24) is 14.8 Å². The number of rotatable bonds is 5. The van der Waals surface area contributed by atoms with Crippen molar-refractivity contribution in [2.24, 2.45) is 5.92 Å². The number of aliphatic hydroxyl groups is 2. The number of aliphatic hydroxyl groups excluding tert-OH is 2. The van der Waals surface area contributed by atoms with Gasteiger partial charge in [0.05, 0.1) is 24.8 Å². The van der Waals surface area contributed by atoms with Crippen LogP contribution in [0.25, 0.3) is 0 Å². The second-order valence-corrected chi connectivity index (χ2v) is 8.81. The van der Waals surface area contributed by atoms with Gasteiger partial charge in [-0.15, -0.1) is 0 Å². The summed E-state index contributed by atoms with van der Waals surface area (Å²) in [6.45, 7) is 5.28. The molecule has 0 saturated heterocycles. The van der Waals surface area contributed by atoms with E-state index in [1.807, 2.05) is 6.92 Å². The predicted octanol–water partition coefficient (Wildman–Crippen LogP) is 1.95. The number of aromatic nitrogens is 1. The Bertz CT molecular complexity index is 1140. The Labute approximate surface area is 204 Å². The largest absolute Gasteiger partial charge is 0.472 e. The van der Waals surface area contributed by atoms with Crippen LogP contribution in [-0.4, -0.2) is 81.8 Å². The number of hydrogen-bond donors (Lipinski definition) is 2. The second kappa shape index (κ2) is 11.3. The summed E-state index contributed by atoms with van der Waals surface area (Å²) in [5.41, 5.74) is 0.553. The number of benzene rings is 1. The highest BCUT2D eigenvalue weighted by molar-refractivity contribution is 5.97. The number of pyridine rings is 1. The first-order chi connectivity index (χ1) is 16.6. The van der Waals surface area contributed by atoms with Crippen molar-refractivity contribution in [3.05, 3.63) is 59.0 Å². The Balaban J connectivity index is 1.96. The van der Waals surface area contributed by atoms with Crippen molar-refractivity contribution < 1.29 is 28.9 Å². The van der Waals surface area contributed by atoms with E-state index < -0.39 is 30.0 Å². The van der Waals surface area contributed by atoms with E-state index in [0.717, 1.165) is 0 Å². The summed E-state index contributed by atoms with van der Waals surface area (Å²) < 4.78 is 20.3. The topological polar surface area (TPSA) is 103 Å². The SMILES string of the molecule is C[C@H](O)C#Cc1cnc2c(c1)C(=O)N([C@@H](C)CO)C[C@H](C)[C@@H](CN(C)C(=O)c1ccccc1F)O2. The van der Waals surface area contributed by atoms with E-state index in [4.69, 9.17) is 4.74 Å². The minimum Gasteiger partial charge on any atom is -0.472 e. The molecular weight excluding hydrogens is 453 g/mol. The third kappa shape index (κ3) is 6.15. The Hall–Kier alpha value is -3.48.